The number of aliphatic hydroxyl groups is 1. The van der Waals surface area contributed by atoms with Crippen LogP contribution in [0, 0.1) is 0 Å². The Labute approximate surface area is 105 Å². The van der Waals surface area contributed by atoms with E-state index in [1.807, 2.05) is 11.4 Å². The highest BCUT2D eigenvalue weighted by molar-refractivity contribution is 9.10. The highest BCUT2D eigenvalue weighted by Crippen LogP contribution is 2.34. The van der Waals surface area contributed by atoms with E-state index in [1.165, 1.54) is 11.3 Å². The van der Waals surface area contributed by atoms with Crippen molar-refractivity contribution < 1.29 is 5.11 Å². The molecule has 0 bridgehead atoms. The summed E-state index contributed by atoms with van der Waals surface area (Å²) in [5, 5.41) is 12.5. The lowest BCUT2D eigenvalue weighted by Gasteiger charge is -2.10. The third-order valence-electron chi connectivity index (χ3n) is 1.94. The Morgan fingerprint density at radius 3 is 2.87 bits per heavy atom. The van der Waals surface area contributed by atoms with E-state index in [0.29, 0.717) is 10.7 Å². The molecule has 1 N–H and O–H groups in total. The maximum Gasteiger partial charge on any atom is 0.133 e. The van der Waals surface area contributed by atoms with Crippen LogP contribution in [0.1, 0.15) is 16.7 Å². The summed E-state index contributed by atoms with van der Waals surface area (Å²) in [6, 6.07) is 5.41. The summed E-state index contributed by atoms with van der Waals surface area (Å²) >= 11 is 10.7. The third-order valence-corrected chi connectivity index (χ3v) is 4.02. The first-order valence-corrected chi connectivity index (χ1v) is 6.26. The SMILES string of the molecule is OC(c1ncccc1Br)c1sccc1Cl. The lowest BCUT2D eigenvalue weighted by molar-refractivity contribution is 0.218. The van der Waals surface area contributed by atoms with Crippen molar-refractivity contribution in [1.29, 1.82) is 0 Å². The van der Waals surface area contributed by atoms with Crippen molar-refractivity contribution in [3.05, 3.63) is 49.8 Å². The van der Waals surface area contributed by atoms with Gasteiger partial charge in [-0.25, -0.2) is 0 Å². The summed E-state index contributed by atoms with van der Waals surface area (Å²) in [5.74, 6) is 0. The van der Waals surface area contributed by atoms with E-state index in [2.05, 4.69) is 20.9 Å². The summed E-state index contributed by atoms with van der Waals surface area (Å²) in [4.78, 5) is 4.85. The second kappa shape index (κ2) is 4.61. The molecule has 2 heterocycles. The van der Waals surface area contributed by atoms with Gasteiger partial charge in [0.2, 0.25) is 0 Å². The predicted molar refractivity (Wildman–Crippen MR) is 65.3 cm³/mol. The molecule has 0 saturated carbocycles. The van der Waals surface area contributed by atoms with E-state index in [4.69, 9.17) is 11.6 Å². The zero-order valence-electron chi connectivity index (χ0n) is 7.52. The molecule has 5 heteroatoms. The van der Waals surface area contributed by atoms with Crippen molar-refractivity contribution in [3.8, 4) is 0 Å². The molecule has 0 fully saturated rings. The van der Waals surface area contributed by atoms with Gasteiger partial charge in [0.25, 0.3) is 0 Å². The first kappa shape index (κ1) is 11.1. The van der Waals surface area contributed by atoms with Gasteiger partial charge in [0, 0.05) is 10.7 Å². The average Bonchev–Trinajstić information content (AvgIpc) is 2.64. The molecule has 0 spiro atoms. The van der Waals surface area contributed by atoms with Crippen molar-refractivity contribution in [2.75, 3.05) is 0 Å². The van der Waals surface area contributed by atoms with Crippen LogP contribution in [0.15, 0.2) is 34.2 Å². The number of aliphatic hydroxyl groups excluding tert-OH is 1. The van der Waals surface area contributed by atoms with Crippen LogP contribution in [0.5, 0.6) is 0 Å². The second-order valence-corrected chi connectivity index (χ2v) is 5.12. The van der Waals surface area contributed by atoms with Crippen LogP contribution in [-0.2, 0) is 0 Å². The number of hydrogen-bond donors (Lipinski definition) is 1. The monoisotopic (exact) mass is 303 g/mol. The quantitative estimate of drug-likeness (QED) is 0.919. The number of rotatable bonds is 2. The van der Waals surface area contributed by atoms with Gasteiger partial charge in [-0.05, 0) is 39.5 Å². The third kappa shape index (κ3) is 2.23. The van der Waals surface area contributed by atoms with Gasteiger partial charge in [0.15, 0.2) is 0 Å². The minimum atomic E-state index is -0.770. The largest absolute Gasteiger partial charge is 0.381 e. The molecule has 0 saturated heterocycles. The van der Waals surface area contributed by atoms with E-state index >= 15 is 0 Å². The van der Waals surface area contributed by atoms with Crippen molar-refractivity contribution in [3.63, 3.8) is 0 Å². The number of aromatic nitrogens is 1. The zero-order chi connectivity index (χ0) is 10.8. The Kier molecular flexibility index (Phi) is 3.41. The Balaban J connectivity index is 2.41. The maximum absolute atomic E-state index is 10.1. The Morgan fingerprint density at radius 1 is 1.47 bits per heavy atom. The van der Waals surface area contributed by atoms with E-state index < -0.39 is 6.10 Å². The highest BCUT2D eigenvalue weighted by atomic mass is 79.9. The van der Waals surface area contributed by atoms with Gasteiger partial charge in [-0.15, -0.1) is 11.3 Å². The fourth-order valence-corrected chi connectivity index (χ4v) is 2.84. The van der Waals surface area contributed by atoms with E-state index in [0.717, 1.165) is 9.35 Å². The molecule has 78 valence electrons. The molecule has 2 aromatic heterocycles. The molecule has 15 heavy (non-hydrogen) atoms. The van der Waals surface area contributed by atoms with Crippen molar-refractivity contribution in [2.45, 2.75) is 6.10 Å². The average molecular weight is 305 g/mol. The smallest absolute Gasteiger partial charge is 0.133 e. The van der Waals surface area contributed by atoms with Gasteiger partial charge in [-0.3, -0.25) is 4.98 Å². The molecule has 0 aliphatic rings. The number of hydrogen-bond acceptors (Lipinski definition) is 3. The zero-order valence-corrected chi connectivity index (χ0v) is 10.7. The summed E-state index contributed by atoms with van der Waals surface area (Å²) in [6.07, 6.45) is 0.873. The molecule has 2 nitrogen and oxygen atoms in total. The van der Waals surface area contributed by atoms with Crippen LogP contribution in [0.4, 0.5) is 0 Å². The Bertz CT molecular complexity index is 474. The summed E-state index contributed by atoms with van der Waals surface area (Å²) in [5.41, 5.74) is 0.585. The first-order chi connectivity index (χ1) is 7.20. The minimum Gasteiger partial charge on any atom is -0.381 e. The summed E-state index contributed by atoms with van der Waals surface area (Å²) in [6.45, 7) is 0. The minimum absolute atomic E-state index is 0.574. The van der Waals surface area contributed by atoms with Crippen molar-refractivity contribution in [1.82, 2.24) is 4.98 Å². The van der Waals surface area contributed by atoms with Crippen LogP contribution in [-0.4, -0.2) is 10.1 Å². The van der Waals surface area contributed by atoms with Gasteiger partial charge in [0.05, 0.1) is 15.6 Å². The fraction of sp³-hybridized carbons (Fsp3) is 0.100. The number of halogens is 2. The molecule has 2 aromatic rings. The van der Waals surface area contributed by atoms with Gasteiger partial charge in [0.1, 0.15) is 6.10 Å². The van der Waals surface area contributed by atoms with Gasteiger partial charge >= 0.3 is 0 Å². The van der Waals surface area contributed by atoms with E-state index in [1.54, 1.807) is 18.3 Å². The standard InChI is InChI=1S/C10H7BrClNOS/c11-6-2-1-4-13-8(6)9(14)10-7(12)3-5-15-10/h1-5,9,14H. The van der Waals surface area contributed by atoms with E-state index in [-0.39, 0.29) is 0 Å². The summed E-state index contributed by atoms with van der Waals surface area (Å²) in [7, 11) is 0. The van der Waals surface area contributed by atoms with Gasteiger partial charge in [-0.1, -0.05) is 11.6 Å². The molecule has 1 unspecified atom stereocenters. The molecule has 0 aliphatic carbocycles. The van der Waals surface area contributed by atoms with Crippen LogP contribution >= 0.6 is 38.9 Å². The molecule has 0 radical (unpaired) electrons. The fourth-order valence-electron chi connectivity index (χ4n) is 1.22. The molecule has 0 aliphatic heterocycles. The van der Waals surface area contributed by atoms with Gasteiger partial charge in [-0.2, -0.15) is 0 Å². The van der Waals surface area contributed by atoms with Crippen LogP contribution in [0.25, 0.3) is 0 Å². The topological polar surface area (TPSA) is 33.1 Å². The lowest BCUT2D eigenvalue weighted by Crippen LogP contribution is -2.01. The maximum atomic E-state index is 10.1. The number of nitrogens with zero attached hydrogens (tertiary/aromatic N) is 1. The Hall–Kier alpha value is -0.420. The molecular weight excluding hydrogens is 298 g/mol. The molecule has 0 amide bonds. The highest BCUT2D eigenvalue weighted by Gasteiger charge is 2.18. The molecule has 1 atom stereocenters. The Morgan fingerprint density at radius 2 is 2.27 bits per heavy atom. The van der Waals surface area contributed by atoms with Crippen LogP contribution in [0.2, 0.25) is 5.02 Å². The molecular formula is C10H7BrClNOS. The van der Waals surface area contributed by atoms with Crippen molar-refractivity contribution >= 4 is 38.9 Å². The lowest BCUT2D eigenvalue weighted by atomic mass is 10.2. The molecule has 0 aromatic carbocycles. The second-order valence-electron chi connectivity index (χ2n) is 2.91. The number of pyridine rings is 1. The normalized spacial score (nSPS) is 12.7. The number of thiophene rings is 1. The predicted octanol–water partition coefficient (Wildman–Crippen LogP) is 3.64. The summed E-state index contributed by atoms with van der Waals surface area (Å²) < 4.78 is 0.780. The van der Waals surface area contributed by atoms with Crippen molar-refractivity contribution in [2.24, 2.45) is 0 Å². The van der Waals surface area contributed by atoms with Gasteiger partial charge < -0.3 is 5.11 Å². The van der Waals surface area contributed by atoms with Crippen LogP contribution in [0.3, 0.4) is 0 Å². The molecule has 2 rings (SSSR count). The first-order valence-electron chi connectivity index (χ1n) is 4.21. The van der Waals surface area contributed by atoms with Crippen LogP contribution < -0.4 is 0 Å². The van der Waals surface area contributed by atoms with E-state index in [9.17, 15) is 5.11 Å².